The standard InChI is InChI=1S/C19H39NO7/c1-4-5-7-22-8-6-20-19(21)17-26-14-13-24-10-9-23-11-12-25-15-16-27-18(2)3/h18H,4-17H2,1-3H3,(H,20,21). The number of hydrogen-bond donors (Lipinski definition) is 1. The van der Waals surface area contributed by atoms with Crippen LogP contribution in [0, 0.1) is 0 Å². The van der Waals surface area contributed by atoms with Crippen molar-refractivity contribution < 1.29 is 33.2 Å². The van der Waals surface area contributed by atoms with E-state index in [1.54, 1.807) is 0 Å². The SMILES string of the molecule is CCCCOCCNC(=O)COCCOCCOCCOCCOC(C)C. The lowest BCUT2D eigenvalue weighted by atomic mass is 10.4. The molecule has 0 aromatic carbocycles. The predicted molar refractivity (Wildman–Crippen MR) is 103 cm³/mol. The minimum Gasteiger partial charge on any atom is -0.380 e. The molecule has 0 unspecified atom stereocenters. The highest BCUT2D eigenvalue weighted by Gasteiger charge is 2.00. The molecule has 0 atom stereocenters. The number of amides is 1. The zero-order chi connectivity index (χ0) is 20.0. The summed E-state index contributed by atoms with van der Waals surface area (Å²) in [6.07, 6.45) is 2.39. The first-order valence-electron chi connectivity index (χ1n) is 9.93. The second-order valence-corrected chi connectivity index (χ2v) is 6.13. The van der Waals surface area contributed by atoms with Crippen molar-refractivity contribution >= 4 is 5.91 Å². The van der Waals surface area contributed by atoms with E-state index >= 15 is 0 Å². The van der Waals surface area contributed by atoms with Gasteiger partial charge in [-0.25, -0.2) is 0 Å². The fraction of sp³-hybridized carbons (Fsp3) is 0.947. The molecule has 27 heavy (non-hydrogen) atoms. The molecule has 8 heteroatoms. The van der Waals surface area contributed by atoms with Gasteiger partial charge in [0.05, 0.1) is 65.6 Å². The fourth-order valence-corrected chi connectivity index (χ4v) is 1.83. The van der Waals surface area contributed by atoms with Crippen molar-refractivity contribution in [2.24, 2.45) is 0 Å². The van der Waals surface area contributed by atoms with Gasteiger partial charge in [-0.05, 0) is 20.3 Å². The van der Waals surface area contributed by atoms with Crippen molar-refractivity contribution in [2.75, 3.05) is 79.2 Å². The lowest BCUT2D eigenvalue weighted by molar-refractivity contribution is -0.126. The van der Waals surface area contributed by atoms with E-state index in [0.29, 0.717) is 66.0 Å². The molecule has 0 aromatic rings. The predicted octanol–water partition coefficient (Wildman–Crippen LogP) is 1.41. The molecule has 0 rings (SSSR count). The first kappa shape index (κ1) is 26.2. The summed E-state index contributed by atoms with van der Waals surface area (Å²) in [7, 11) is 0. The maximum atomic E-state index is 11.5. The maximum absolute atomic E-state index is 11.5. The molecule has 0 bridgehead atoms. The Balaban J connectivity index is 3.12. The number of unbranched alkanes of at least 4 members (excludes halogenated alkanes) is 1. The van der Waals surface area contributed by atoms with Crippen LogP contribution < -0.4 is 5.32 Å². The third kappa shape index (κ3) is 23.2. The monoisotopic (exact) mass is 393 g/mol. The Morgan fingerprint density at radius 2 is 1.26 bits per heavy atom. The molecule has 1 N–H and O–H groups in total. The molecule has 0 heterocycles. The van der Waals surface area contributed by atoms with Crippen molar-refractivity contribution in [1.29, 1.82) is 0 Å². The summed E-state index contributed by atoms with van der Waals surface area (Å²) in [4.78, 5) is 11.5. The molecular weight excluding hydrogens is 354 g/mol. The summed E-state index contributed by atoms with van der Waals surface area (Å²) in [5, 5.41) is 2.74. The Bertz CT molecular complexity index is 316. The first-order valence-corrected chi connectivity index (χ1v) is 9.93. The zero-order valence-electron chi connectivity index (χ0n) is 17.3. The number of hydrogen-bond acceptors (Lipinski definition) is 7. The molecule has 8 nitrogen and oxygen atoms in total. The van der Waals surface area contributed by atoms with E-state index in [-0.39, 0.29) is 18.6 Å². The number of ether oxygens (including phenoxy) is 6. The Kier molecular flexibility index (Phi) is 20.9. The minimum atomic E-state index is -0.142. The molecule has 0 spiro atoms. The second kappa shape index (κ2) is 21.5. The zero-order valence-corrected chi connectivity index (χ0v) is 17.3. The van der Waals surface area contributed by atoms with Gasteiger partial charge in [0.1, 0.15) is 6.61 Å². The average molecular weight is 394 g/mol. The Morgan fingerprint density at radius 1 is 0.741 bits per heavy atom. The summed E-state index contributed by atoms with van der Waals surface area (Å²) in [5.41, 5.74) is 0. The lowest BCUT2D eigenvalue weighted by Crippen LogP contribution is -2.31. The second-order valence-electron chi connectivity index (χ2n) is 6.13. The van der Waals surface area contributed by atoms with Crippen LogP contribution in [0.2, 0.25) is 0 Å². The van der Waals surface area contributed by atoms with Gasteiger partial charge in [0.25, 0.3) is 0 Å². The van der Waals surface area contributed by atoms with Crippen molar-refractivity contribution in [3.05, 3.63) is 0 Å². The minimum absolute atomic E-state index is 0.0344. The van der Waals surface area contributed by atoms with Gasteiger partial charge in [-0.3, -0.25) is 4.79 Å². The normalized spacial score (nSPS) is 11.3. The number of carbonyl (C=O) groups is 1. The molecule has 0 aromatic heterocycles. The Labute approximate surface area is 164 Å². The first-order chi connectivity index (χ1) is 13.2. The largest absolute Gasteiger partial charge is 0.380 e. The average Bonchev–Trinajstić information content (AvgIpc) is 2.64. The van der Waals surface area contributed by atoms with Crippen molar-refractivity contribution in [2.45, 2.75) is 39.7 Å². The van der Waals surface area contributed by atoms with Gasteiger partial charge in [0, 0.05) is 13.2 Å². The summed E-state index contributed by atoms with van der Waals surface area (Å²) in [6, 6.07) is 0. The molecule has 0 aliphatic carbocycles. The van der Waals surface area contributed by atoms with Gasteiger partial charge in [-0.15, -0.1) is 0 Å². The third-order valence-electron chi connectivity index (χ3n) is 3.24. The van der Waals surface area contributed by atoms with Crippen LogP contribution >= 0.6 is 0 Å². The highest BCUT2D eigenvalue weighted by Crippen LogP contribution is 1.88. The van der Waals surface area contributed by atoms with E-state index in [4.69, 9.17) is 28.4 Å². The summed E-state index contributed by atoms with van der Waals surface area (Å²) in [5.74, 6) is -0.142. The molecule has 0 saturated heterocycles. The smallest absolute Gasteiger partial charge is 0.246 e. The summed E-state index contributed by atoms with van der Waals surface area (Å²) >= 11 is 0. The quantitative estimate of drug-likeness (QED) is 0.295. The van der Waals surface area contributed by atoms with Crippen LogP contribution in [-0.4, -0.2) is 91.2 Å². The van der Waals surface area contributed by atoms with E-state index in [0.717, 1.165) is 19.4 Å². The molecule has 0 aliphatic rings. The maximum Gasteiger partial charge on any atom is 0.246 e. The van der Waals surface area contributed by atoms with Crippen molar-refractivity contribution in [1.82, 2.24) is 5.32 Å². The van der Waals surface area contributed by atoms with Crippen LogP contribution in [0.5, 0.6) is 0 Å². The van der Waals surface area contributed by atoms with Crippen LogP contribution in [0.4, 0.5) is 0 Å². The van der Waals surface area contributed by atoms with E-state index < -0.39 is 0 Å². The lowest BCUT2D eigenvalue weighted by Gasteiger charge is -2.09. The summed E-state index contributed by atoms with van der Waals surface area (Å²) in [6.45, 7) is 12.0. The molecular formula is C19H39NO7. The van der Waals surface area contributed by atoms with Crippen molar-refractivity contribution in [3.8, 4) is 0 Å². The Morgan fingerprint density at radius 3 is 1.81 bits per heavy atom. The number of nitrogens with one attached hydrogen (secondary N) is 1. The van der Waals surface area contributed by atoms with Crippen LogP contribution in [0.3, 0.4) is 0 Å². The van der Waals surface area contributed by atoms with Crippen LogP contribution in [0.15, 0.2) is 0 Å². The third-order valence-corrected chi connectivity index (χ3v) is 3.24. The van der Waals surface area contributed by atoms with Gasteiger partial charge in [0.15, 0.2) is 0 Å². The van der Waals surface area contributed by atoms with Gasteiger partial charge < -0.3 is 33.7 Å². The van der Waals surface area contributed by atoms with E-state index in [2.05, 4.69) is 12.2 Å². The highest BCUT2D eigenvalue weighted by molar-refractivity contribution is 5.77. The van der Waals surface area contributed by atoms with Gasteiger partial charge in [-0.2, -0.15) is 0 Å². The van der Waals surface area contributed by atoms with Crippen LogP contribution in [0.25, 0.3) is 0 Å². The van der Waals surface area contributed by atoms with E-state index in [1.165, 1.54) is 0 Å². The summed E-state index contributed by atoms with van der Waals surface area (Å²) < 4.78 is 32.1. The molecule has 0 radical (unpaired) electrons. The van der Waals surface area contributed by atoms with Crippen LogP contribution in [0.1, 0.15) is 33.6 Å². The van der Waals surface area contributed by atoms with Gasteiger partial charge in [-0.1, -0.05) is 13.3 Å². The number of rotatable bonds is 21. The number of carbonyl (C=O) groups excluding carboxylic acids is 1. The fourth-order valence-electron chi connectivity index (χ4n) is 1.83. The molecule has 162 valence electrons. The molecule has 1 amide bonds. The topological polar surface area (TPSA) is 84.5 Å². The van der Waals surface area contributed by atoms with Gasteiger partial charge in [0.2, 0.25) is 5.91 Å². The van der Waals surface area contributed by atoms with E-state index in [1.807, 2.05) is 13.8 Å². The van der Waals surface area contributed by atoms with Crippen molar-refractivity contribution in [3.63, 3.8) is 0 Å². The molecule has 0 saturated carbocycles. The molecule has 0 aliphatic heterocycles. The highest BCUT2D eigenvalue weighted by atomic mass is 16.6. The van der Waals surface area contributed by atoms with Gasteiger partial charge >= 0.3 is 0 Å². The Hall–Kier alpha value is -0.770. The van der Waals surface area contributed by atoms with E-state index in [9.17, 15) is 4.79 Å². The molecule has 0 fully saturated rings. The van der Waals surface area contributed by atoms with Crippen LogP contribution in [-0.2, 0) is 33.2 Å².